The van der Waals surface area contributed by atoms with Gasteiger partial charge in [-0.3, -0.25) is 4.98 Å². The SMILES string of the molecule is N#Cc1c(Cl)cccc1NCc1cncs1. The Morgan fingerprint density at radius 1 is 1.50 bits per heavy atom. The van der Waals surface area contributed by atoms with Gasteiger partial charge < -0.3 is 5.32 Å². The molecule has 0 spiro atoms. The summed E-state index contributed by atoms with van der Waals surface area (Å²) in [6.45, 7) is 0.652. The topological polar surface area (TPSA) is 48.7 Å². The predicted octanol–water partition coefficient (Wildman–Crippen LogP) is 3.28. The summed E-state index contributed by atoms with van der Waals surface area (Å²) in [4.78, 5) is 5.10. The lowest BCUT2D eigenvalue weighted by molar-refractivity contribution is 1.17. The highest BCUT2D eigenvalue weighted by Gasteiger charge is 2.05. The largest absolute Gasteiger partial charge is 0.379 e. The first-order valence-corrected chi connectivity index (χ1v) is 5.87. The quantitative estimate of drug-likeness (QED) is 0.908. The molecule has 80 valence electrons. The van der Waals surface area contributed by atoms with Crippen LogP contribution in [0.4, 0.5) is 5.69 Å². The zero-order valence-corrected chi connectivity index (χ0v) is 9.85. The zero-order chi connectivity index (χ0) is 11.4. The highest BCUT2D eigenvalue weighted by atomic mass is 35.5. The fourth-order valence-corrected chi connectivity index (χ4v) is 2.05. The third-order valence-corrected chi connectivity index (χ3v) is 3.16. The molecule has 0 radical (unpaired) electrons. The molecular formula is C11H8ClN3S. The third-order valence-electron chi connectivity index (χ3n) is 2.06. The van der Waals surface area contributed by atoms with Crippen molar-refractivity contribution in [3.8, 4) is 6.07 Å². The van der Waals surface area contributed by atoms with Gasteiger partial charge in [0.15, 0.2) is 0 Å². The summed E-state index contributed by atoms with van der Waals surface area (Å²) in [5, 5.41) is 12.6. The number of halogens is 1. The van der Waals surface area contributed by atoms with E-state index in [0.717, 1.165) is 10.6 Å². The number of benzene rings is 1. The van der Waals surface area contributed by atoms with Gasteiger partial charge in [-0.25, -0.2) is 0 Å². The van der Waals surface area contributed by atoms with Crippen molar-refractivity contribution < 1.29 is 0 Å². The normalized spacial score (nSPS) is 9.75. The number of anilines is 1. The van der Waals surface area contributed by atoms with Gasteiger partial charge in [0.1, 0.15) is 6.07 Å². The Morgan fingerprint density at radius 3 is 3.06 bits per heavy atom. The minimum absolute atomic E-state index is 0.469. The Morgan fingerprint density at radius 2 is 2.38 bits per heavy atom. The van der Waals surface area contributed by atoms with Crippen molar-refractivity contribution in [2.75, 3.05) is 5.32 Å². The van der Waals surface area contributed by atoms with Crippen molar-refractivity contribution >= 4 is 28.6 Å². The number of rotatable bonds is 3. The third kappa shape index (κ3) is 2.32. The maximum atomic E-state index is 8.97. The Bertz CT molecular complexity index is 517. The molecule has 0 saturated heterocycles. The van der Waals surface area contributed by atoms with Crippen LogP contribution in [0.25, 0.3) is 0 Å². The molecule has 1 aromatic carbocycles. The maximum Gasteiger partial charge on any atom is 0.103 e. The molecule has 0 unspecified atom stereocenters. The van der Waals surface area contributed by atoms with Gasteiger partial charge in [-0.15, -0.1) is 11.3 Å². The van der Waals surface area contributed by atoms with Gasteiger partial charge in [-0.1, -0.05) is 17.7 Å². The number of thiazole rings is 1. The summed E-state index contributed by atoms with van der Waals surface area (Å²) in [6, 6.07) is 7.45. The van der Waals surface area contributed by atoms with Crippen LogP contribution in [0.1, 0.15) is 10.4 Å². The number of hydrogen-bond donors (Lipinski definition) is 1. The second-order valence-corrected chi connectivity index (χ2v) is 4.47. The van der Waals surface area contributed by atoms with E-state index in [1.54, 1.807) is 29.1 Å². The van der Waals surface area contributed by atoms with Crippen LogP contribution in [0, 0.1) is 11.3 Å². The fourth-order valence-electron chi connectivity index (χ4n) is 1.30. The molecule has 0 aliphatic rings. The van der Waals surface area contributed by atoms with Crippen LogP contribution in [-0.2, 0) is 6.54 Å². The number of nitriles is 1. The van der Waals surface area contributed by atoms with E-state index in [2.05, 4.69) is 16.4 Å². The van der Waals surface area contributed by atoms with E-state index >= 15 is 0 Å². The van der Waals surface area contributed by atoms with Gasteiger partial charge >= 0.3 is 0 Å². The summed E-state index contributed by atoms with van der Waals surface area (Å²) in [5.74, 6) is 0. The Kier molecular flexibility index (Phi) is 3.40. The second-order valence-electron chi connectivity index (χ2n) is 3.10. The van der Waals surface area contributed by atoms with Crippen LogP contribution < -0.4 is 5.32 Å². The molecule has 2 aromatic rings. The van der Waals surface area contributed by atoms with Crippen LogP contribution in [0.3, 0.4) is 0 Å². The van der Waals surface area contributed by atoms with E-state index in [1.165, 1.54) is 0 Å². The van der Waals surface area contributed by atoms with E-state index in [0.29, 0.717) is 17.1 Å². The molecule has 3 nitrogen and oxygen atoms in total. The van der Waals surface area contributed by atoms with Crippen LogP contribution in [0.2, 0.25) is 5.02 Å². The molecule has 16 heavy (non-hydrogen) atoms. The molecule has 0 bridgehead atoms. The number of nitrogens with zero attached hydrogens (tertiary/aromatic N) is 2. The van der Waals surface area contributed by atoms with E-state index in [1.807, 2.05) is 12.1 Å². The number of hydrogen-bond acceptors (Lipinski definition) is 4. The van der Waals surface area contributed by atoms with Gasteiger partial charge in [-0.2, -0.15) is 5.26 Å². The average Bonchev–Trinajstić information content (AvgIpc) is 2.79. The maximum absolute atomic E-state index is 8.97. The van der Waals surface area contributed by atoms with Crippen molar-refractivity contribution in [1.82, 2.24) is 4.98 Å². The van der Waals surface area contributed by atoms with Crippen LogP contribution in [-0.4, -0.2) is 4.98 Å². The summed E-state index contributed by atoms with van der Waals surface area (Å²) >= 11 is 7.49. The molecule has 1 heterocycles. The average molecular weight is 250 g/mol. The lowest BCUT2D eigenvalue weighted by Gasteiger charge is -2.07. The van der Waals surface area contributed by atoms with Crippen molar-refractivity contribution in [3.05, 3.63) is 45.4 Å². The summed E-state index contributed by atoms with van der Waals surface area (Å²) in [6.07, 6.45) is 1.80. The Labute approximate surface area is 102 Å². The fraction of sp³-hybridized carbons (Fsp3) is 0.0909. The summed E-state index contributed by atoms with van der Waals surface area (Å²) in [5.41, 5.74) is 3.01. The second kappa shape index (κ2) is 4.97. The van der Waals surface area contributed by atoms with E-state index in [4.69, 9.17) is 16.9 Å². The highest BCUT2D eigenvalue weighted by Crippen LogP contribution is 2.23. The van der Waals surface area contributed by atoms with Gasteiger partial charge in [0.2, 0.25) is 0 Å². The molecule has 1 N–H and O–H groups in total. The lowest BCUT2D eigenvalue weighted by Crippen LogP contribution is -1.99. The monoisotopic (exact) mass is 249 g/mol. The first-order chi connectivity index (χ1) is 7.81. The van der Waals surface area contributed by atoms with Crippen molar-refractivity contribution in [2.24, 2.45) is 0 Å². The minimum atomic E-state index is 0.469. The molecule has 0 aliphatic heterocycles. The van der Waals surface area contributed by atoms with Crippen LogP contribution in [0.15, 0.2) is 29.9 Å². The van der Waals surface area contributed by atoms with Gasteiger partial charge in [-0.05, 0) is 12.1 Å². The molecular weight excluding hydrogens is 242 g/mol. The summed E-state index contributed by atoms with van der Waals surface area (Å²) in [7, 11) is 0. The van der Waals surface area contributed by atoms with Crippen molar-refractivity contribution in [2.45, 2.75) is 6.54 Å². The zero-order valence-electron chi connectivity index (χ0n) is 8.27. The van der Waals surface area contributed by atoms with Crippen molar-refractivity contribution in [1.29, 1.82) is 5.26 Å². The number of nitrogens with one attached hydrogen (secondary N) is 1. The van der Waals surface area contributed by atoms with E-state index in [9.17, 15) is 0 Å². The molecule has 2 rings (SSSR count). The molecule has 0 amide bonds. The first kappa shape index (κ1) is 10.9. The minimum Gasteiger partial charge on any atom is -0.379 e. The number of aromatic nitrogens is 1. The lowest BCUT2D eigenvalue weighted by atomic mass is 10.2. The van der Waals surface area contributed by atoms with E-state index in [-0.39, 0.29) is 0 Å². The molecule has 0 aliphatic carbocycles. The van der Waals surface area contributed by atoms with E-state index < -0.39 is 0 Å². The summed E-state index contributed by atoms with van der Waals surface area (Å²) < 4.78 is 0. The van der Waals surface area contributed by atoms with Gasteiger partial charge in [0.05, 0.1) is 28.3 Å². The molecule has 5 heteroatoms. The van der Waals surface area contributed by atoms with Gasteiger partial charge in [0, 0.05) is 11.1 Å². The predicted molar refractivity (Wildman–Crippen MR) is 65.6 cm³/mol. The smallest absolute Gasteiger partial charge is 0.103 e. The molecule has 1 aromatic heterocycles. The van der Waals surface area contributed by atoms with Gasteiger partial charge in [0.25, 0.3) is 0 Å². The Hall–Kier alpha value is -1.57. The molecule has 0 saturated carbocycles. The van der Waals surface area contributed by atoms with Crippen molar-refractivity contribution in [3.63, 3.8) is 0 Å². The molecule has 0 atom stereocenters. The van der Waals surface area contributed by atoms with Crippen LogP contribution >= 0.6 is 22.9 Å². The van der Waals surface area contributed by atoms with Crippen LogP contribution in [0.5, 0.6) is 0 Å². The Balaban J connectivity index is 2.16. The first-order valence-electron chi connectivity index (χ1n) is 4.61. The standard InChI is InChI=1S/C11H8ClN3S/c12-10-2-1-3-11(9(10)4-13)15-6-8-5-14-7-16-8/h1-3,5,7,15H,6H2. The highest BCUT2D eigenvalue weighted by molar-refractivity contribution is 7.09. The molecule has 0 fully saturated rings.